The number of carboxylic acids is 1. The third-order valence-corrected chi connectivity index (χ3v) is 6.91. The molecule has 38 heavy (non-hydrogen) atoms. The highest BCUT2D eigenvalue weighted by Gasteiger charge is 2.31. The molecule has 2 aromatic rings. The third-order valence-electron chi connectivity index (χ3n) is 5.42. The zero-order valence-corrected chi connectivity index (χ0v) is 20.9. The number of amides is 1. The number of alkyl halides is 3. The Morgan fingerprint density at radius 1 is 1.11 bits per heavy atom. The van der Waals surface area contributed by atoms with Crippen LogP contribution in [0.5, 0.6) is 5.75 Å². The molecule has 1 heterocycles. The zero-order valence-electron chi connectivity index (χ0n) is 20.1. The smallest absolute Gasteiger partial charge is 0.416 e. The standard InChI is InChI=1S/C24H27F3N4O6S/c25-24(26,27)17-6-10-19(11-7-17)38(35,36)31-20(22(33)34)15-16-4-8-18(9-5-16)37-14-1-3-21(32)30-23-28-12-2-13-29-23/h4-11,20,31H,1-3,12-15H2,(H,33,34)(H2,28,29,30,32). The number of hydrogen-bond donors (Lipinski definition) is 4. The second-order valence-electron chi connectivity index (χ2n) is 8.39. The van der Waals surface area contributed by atoms with Crippen molar-refractivity contribution in [3.8, 4) is 5.75 Å². The number of benzene rings is 2. The molecule has 206 valence electrons. The third kappa shape index (κ3) is 8.73. The lowest BCUT2D eigenvalue weighted by molar-refractivity contribution is -0.139. The Morgan fingerprint density at radius 2 is 1.79 bits per heavy atom. The van der Waals surface area contributed by atoms with Crippen molar-refractivity contribution in [2.75, 3.05) is 19.7 Å². The molecular weight excluding hydrogens is 529 g/mol. The van der Waals surface area contributed by atoms with E-state index in [1.165, 1.54) is 0 Å². The first-order valence-corrected chi connectivity index (χ1v) is 13.1. The van der Waals surface area contributed by atoms with Crippen LogP contribution in [0.2, 0.25) is 0 Å². The maximum Gasteiger partial charge on any atom is 0.416 e. The molecule has 1 aliphatic heterocycles. The summed E-state index contributed by atoms with van der Waals surface area (Å²) in [5, 5.41) is 15.2. The molecule has 1 unspecified atom stereocenters. The van der Waals surface area contributed by atoms with E-state index in [2.05, 4.69) is 15.6 Å². The number of guanidine groups is 1. The molecule has 14 heteroatoms. The highest BCUT2D eigenvalue weighted by atomic mass is 32.2. The summed E-state index contributed by atoms with van der Waals surface area (Å²) in [5.41, 5.74) is -0.538. The Labute approximate surface area is 217 Å². The van der Waals surface area contributed by atoms with Gasteiger partial charge < -0.3 is 15.2 Å². The molecule has 10 nitrogen and oxygen atoms in total. The Kier molecular flexibility index (Phi) is 9.69. The number of nitrogens with zero attached hydrogens (tertiary/aromatic N) is 1. The normalized spacial score (nSPS) is 14.7. The van der Waals surface area contributed by atoms with Crippen LogP contribution >= 0.6 is 0 Å². The number of halogens is 3. The van der Waals surface area contributed by atoms with Gasteiger partial charge in [-0.05, 0) is 61.2 Å². The number of aliphatic carboxylic acids is 1. The molecule has 2 aromatic carbocycles. The molecule has 1 atom stereocenters. The molecule has 0 bridgehead atoms. The Morgan fingerprint density at radius 3 is 2.37 bits per heavy atom. The molecule has 0 saturated carbocycles. The van der Waals surface area contributed by atoms with Crippen LogP contribution in [-0.4, -0.2) is 57.1 Å². The lowest BCUT2D eigenvalue weighted by Crippen LogP contribution is -2.43. The van der Waals surface area contributed by atoms with Gasteiger partial charge in [-0.3, -0.25) is 19.9 Å². The summed E-state index contributed by atoms with van der Waals surface area (Å²) < 4.78 is 70.9. The second-order valence-corrected chi connectivity index (χ2v) is 10.1. The molecule has 0 aromatic heterocycles. The molecule has 0 spiro atoms. The van der Waals surface area contributed by atoms with Gasteiger partial charge in [0, 0.05) is 19.5 Å². The lowest BCUT2D eigenvalue weighted by Gasteiger charge is -2.16. The van der Waals surface area contributed by atoms with Crippen molar-refractivity contribution >= 4 is 27.9 Å². The number of rotatable bonds is 11. The molecule has 4 N–H and O–H groups in total. The Balaban J connectivity index is 1.50. The maximum absolute atomic E-state index is 12.7. The van der Waals surface area contributed by atoms with Gasteiger partial charge in [-0.2, -0.15) is 17.9 Å². The summed E-state index contributed by atoms with van der Waals surface area (Å²) in [6, 6.07) is 7.49. The maximum atomic E-state index is 12.7. The van der Waals surface area contributed by atoms with Crippen LogP contribution in [-0.2, 0) is 32.2 Å². The first-order valence-electron chi connectivity index (χ1n) is 11.7. The fourth-order valence-electron chi connectivity index (χ4n) is 3.45. The minimum Gasteiger partial charge on any atom is -0.494 e. The van der Waals surface area contributed by atoms with Crippen molar-refractivity contribution in [3.05, 3.63) is 59.7 Å². The van der Waals surface area contributed by atoms with E-state index >= 15 is 0 Å². The van der Waals surface area contributed by atoms with E-state index in [9.17, 15) is 36.3 Å². The van der Waals surface area contributed by atoms with Crippen LogP contribution in [0.3, 0.4) is 0 Å². The van der Waals surface area contributed by atoms with E-state index in [0.717, 1.165) is 25.1 Å². The quantitative estimate of drug-likeness (QED) is 0.311. The first kappa shape index (κ1) is 28.9. The molecule has 1 aliphatic rings. The number of sulfonamides is 1. The molecular formula is C24H27F3N4O6S. The van der Waals surface area contributed by atoms with Crippen molar-refractivity contribution in [2.45, 2.75) is 42.8 Å². The number of carbonyl (C=O) groups is 2. The fourth-order valence-corrected chi connectivity index (χ4v) is 4.64. The summed E-state index contributed by atoms with van der Waals surface area (Å²) in [5.74, 6) is -0.687. The number of ether oxygens (including phenoxy) is 1. The summed E-state index contributed by atoms with van der Waals surface area (Å²) in [4.78, 5) is 27.3. The molecule has 3 rings (SSSR count). The first-order chi connectivity index (χ1) is 17.9. The van der Waals surface area contributed by atoms with Gasteiger partial charge in [0.15, 0.2) is 5.96 Å². The topological polar surface area (TPSA) is 146 Å². The number of carboxylic acid groups (broad SMARTS) is 1. The number of nitrogens with one attached hydrogen (secondary N) is 3. The van der Waals surface area contributed by atoms with Crippen LogP contribution in [0, 0.1) is 0 Å². The van der Waals surface area contributed by atoms with Gasteiger partial charge in [-0.15, -0.1) is 0 Å². The summed E-state index contributed by atoms with van der Waals surface area (Å²) >= 11 is 0. The average molecular weight is 557 g/mol. The number of aliphatic imine (C=N–C) groups is 1. The Hall–Kier alpha value is -3.65. The van der Waals surface area contributed by atoms with E-state index in [4.69, 9.17) is 4.74 Å². The predicted molar refractivity (Wildman–Crippen MR) is 131 cm³/mol. The fraction of sp³-hybridized carbons (Fsp3) is 0.375. The van der Waals surface area contributed by atoms with Gasteiger partial charge in [0.1, 0.15) is 11.8 Å². The van der Waals surface area contributed by atoms with E-state index in [1.807, 2.05) is 4.72 Å². The van der Waals surface area contributed by atoms with Crippen LogP contribution in [0.1, 0.15) is 30.4 Å². The average Bonchev–Trinajstić information content (AvgIpc) is 2.87. The Bertz CT molecular complexity index is 1250. The molecule has 0 saturated heterocycles. The minimum atomic E-state index is -4.63. The van der Waals surface area contributed by atoms with Gasteiger partial charge in [-0.25, -0.2) is 8.42 Å². The van der Waals surface area contributed by atoms with E-state index in [1.54, 1.807) is 24.3 Å². The molecule has 0 aliphatic carbocycles. The van der Waals surface area contributed by atoms with Crippen LogP contribution in [0.15, 0.2) is 58.4 Å². The monoisotopic (exact) mass is 556 g/mol. The number of carbonyl (C=O) groups excluding carboxylic acids is 1. The van der Waals surface area contributed by atoms with Crippen LogP contribution in [0.4, 0.5) is 13.2 Å². The predicted octanol–water partition coefficient (Wildman–Crippen LogP) is 2.30. The van der Waals surface area contributed by atoms with E-state index in [0.29, 0.717) is 42.4 Å². The van der Waals surface area contributed by atoms with Crippen molar-refractivity contribution in [1.29, 1.82) is 0 Å². The number of hydrogen-bond acceptors (Lipinski definition) is 7. The van der Waals surface area contributed by atoms with Crippen molar-refractivity contribution in [2.24, 2.45) is 4.99 Å². The lowest BCUT2D eigenvalue weighted by atomic mass is 10.1. The van der Waals surface area contributed by atoms with Crippen LogP contribution in [0.25, 0.3) is 0 Å². The summed E-state index contributed by atoms with van der Waals surface area (Å²) in [6.45, 7) is 1.69. The van der Waals surface area contributed by atoms with Gasteiger partial charge in [-0.1, -0.05) is 12.1 Å². The molecule has 0 radical (unpaired) electrons. The van der Waals surface area contributed by atoms with E-state index in [-0.39, 0.29) is 25.4 Å². The van der Waals surface area contributed by atoms with Gasteiger partial charge in [0.25, 0.3) is 0 Å². The summed E-state index contributed by atoms with van der Waals surface area (Å²) in [7, 11) is -4.39. The second kappa shape index (κ2) is 12.7. The summed E-state index contributed by atoms with van der Waals surface area (Å²) in [6.07, 6.45) is -3.24. The zero-order chi connectivity index (χ0) is 27.8. The van der Waals surface area contributed by atoms with Gasteiger partial charge in [0.2, 0.25) is 15.9 Å². The highest BCUT2D eigenvalue weighted by Crippen LogP contribution is 2.29. The van der Waals surface area contributed by atoms with Gasteiger partial charge in [0.05, 0.1) is 17.1 Å². The van der Waals surface area contributed by atoms with Gasteiger partial charge >= 0.3 is 12.1 Å². The highest BCUT2D eigenvalue weighted by molar-refractivity contribution is 7.89. The van der Waals surface area contributed by atoms with E-state index < -0.39 is 38.7 Å². The van der Waals surface area contributed by atoms with Crippen molar-refractivity contribution < 1.29 is 41.0 Å². The van der Waals surface area contributed by atoms with Crippen molar-refractivity contribution in [3.63, 3.8) is 0 Å². The van der Waals surface area contributed by atoms with Crippen molar-refractivity contribution in [1.82, 2.24) is 15.4 Å². The van der Waals surface area contributed by atoms with Crippen LogP contribution < -0.4 is 20.1 Å². The molecule has 1 amide bonds. The molecule has 0 fully saturated rings. The minimum absolute atomic E-state index is 0.185. The largest absolute Gasteiger partial charge is 0.494 e. The SMILES string of the molecule is O=C(CCCOc1ccc(CC(NS(=O)(=O)c2ccc(C(F)(F)F)cc2)C(=O)O)cc1)NC1=NCCCN1.